The van der Waals surface area contributed by atoms with Gasteiger partial charge in [0.15, 0.2) is 0 Å². The van der Waals surface area contributed by atoms with Crippen molar-refractivity contribution >= 4 is 52.6 Å². The number of carbonyl (C=O) groups is 3. The fourth-order valence-electron chi connectivity index (χ4n) is 3.99. The molecule has 1 aromatic heterocycles. The summed E-state index contributed by atoms with van der Waals surface area (Å²) in [5, 5.41) is 11.2. The quantitative estimate of drug-likeness (QED) is 0.128. The van der Waals surface area contributed by atoms with E-state index in [1.165, 1.54) is 24.3 Å². The summed E-state index contributed by atoms with van der Waals surface area (Å²) in [6.45, 7) is 1.87. The molecule has 188 valence electrons. The van der Waals surface area contributed by atoms with Crippen molar-refractivity contribution < 1.29 is 23.7 Å². The molecule has 0 spiro atoms. The number of para-hydroxylation sites is 1. The SMILES string of the molecule is Cc1ccc(N2C(=O)/C(=C\c3ccc(-c4ccc(Cl)c([N+](=O)[O-])c4)o3)C(=O)N(c3ccccc3)C2=O)cc1. The van der Waals surface area contributed by atoms with Crippen LogP contribution in [-0.4, -0.2) is 22.8 Å². The van der Waals surface area contributed by atoms with Crippen molar-refractivity contribution in [1.29, 1.82) is 0 Å². The van der Waals surface area contributed by atoms with Crippen LogP contribution in [0.4, 0.5) is 21.9 Å². The average Bonchev–Trinajstić information content (AvgIpc) is 3.37. The maximum Gasteiger partial charge on any atom is 0.343 e. The lowest BCUT2D eigenvalue weighted by molar-refractivity contribution is -0.384. The van der Waals surface area contributed by atoms with E-state index in [4.69, 9.17) is 16.0 Å². The number of barbiturate groups is 1. The highest BCUT2D eigenvalue weighted by molar-refractivity contribution is 6.46. The lowest BCUT2D eigenvalue weighted by Crippen LogP contribution is -2.57. The molecule has 38 heavy (non-hydrogen) atoms. The van der Waals surface area contributed by atoms with Gasteiger partial charge in [-0.1, -0.05) is 47.5 Å². The molecule has 2 heterocycles. The Balaban J connectivity index is 1.58. The Bertz CT molecular complexity index is 1630. The number of anilines is 2. The van der Waals surface area contributed by atoms with E-state index >= 15 is 0 Å². The molecular weight excluding hydrogens is 510 g/mol. The highest BCUT2D eigenvalue weighted by Crippen LogP contribution is 2.33. The highest BCUT2D eigenvalue weighted by Gasteiger charge is 2.43. The topological polar surface area (TPSA) is 114 Å². The van der Waals surface area contributed by atoms with E-state index in [1.54, 1.807) is 66.7 Å². The number of imide groups is 2. The minimum Gasteiger partial charge on any atom is -0.457 e. The molecule has 0 N–H and O–H groups in total. The van der Waals surface area contributed by atoms with E-state index in [0.29, 0.717) is 16.9 Å². The summed E-state index contributed by atoms with van der Waals surface area (Å²) in [6.07, 6.45) is 1.25. The molecule has 3 aromatic carbocycles. The van der Waals surface area contributed by atoms with Crippen molar-refractivity contribution in [3.8, 4) is 11.3 Å². The number of aryl methyl sites for hydroxylation is 1. The summed E-state index contributed by atoms with van der Waals surface area (Å²) < 4.78 is 5.80. The molecule has 9 nitrogen and oxygen atoms in total. The highest BCUT2D eigenvalue weighted by atomic mass is 35.5. The summed E-state index contributed by atoms with van der Waals surface area (Å²) in [5.74, 6) is -1.22. The van der Waals surface area contributed by atoms with E-state index in [0.717, 1.165) is 15.4 Å². The molecule has 1 aliphatic heterocycles. The Morgan fingerprint density at radius 3 is 2.11 bits per heavy atom. The van der Waals surface area contributed by atoms with E-state index in [-0.39, 0.29) is 27.8 Å². The van der Waals surface area contributed by atoms with E-state index < -0.39 is 22.8 Å². The predicted octanol–water partition coefficient (Wildman–Crippen LogP) is 6.40. The van der Waals surface area contributed by atoms with Gasteiger partial charge in [0.1, 0.15) is 22.1 Å². The Kier molecular flexibility index (Phi) is 6.36. The summed E-state index contributed by atoms with van der Waals surface area (Å²) >= 11 is 5.90. The molecule has 0 radical (unpaired) electrons. The number of carbonyl (C=O) groups excluding carboxylic acids is 3. The van der Waals surface area contributed by atoms with Crippen LogP contribution in [0.5, 0.6) is 0 Å². The summed E-state index contributed by atoms with van der Waals surface area (Å²) in [6, 6.07) is 21.5. The maximum absolute atomic E-state index is 13.5. The first-order valence-corrected chi connectivity index (χ1v) is 11.7. The molecule has 1 saturated heterocycles. The number of hydrogen-bond donors (Lipinski definition) is 0. The van der Waals surface area contributed by atoms with Crippen molar-refractivity contribution in [2.45, 2.75) is 6.92 Å². The van der Waals surface area contributed by atoms with Crippen molar-refractivity contribution in [3.63, 3.8) is 0 Å². The second-order valence-electron chi connectivity index (χ2n) is 8.42. The van der Waals surface area contributed by atoms with Crippen LogP contribution in [-0.2, 0) is 9.59 Å². The standard InChI is InChI=1S/C28H18ClN3O6/c1-17-7-10-20(11-8-17)31-27(34)22(26(33)30(28(31)35)19-5-3-2-4-6-19)16-21-12-14-25(38-21)18-9-13-23(29)24(15-18)32(36)37/h2-16H,1H3/b22-16-. The number of benzene rings is 3. The Labute approximate surface area is 221 Å². The molecule has 0 saturated carbocycles. The van der Waals surface area contributed by atoms with Gasteiger partial charge >= 0.3 is 6.03 Å². The van der Waals surface area contributed by atoms with Crippen LogP contribution in [0.2, 0.25) is 5.02 Å². The maximum atomic E-state index is 13.5. The van der Waals surface area contributed by atoms with Crippen LogP contribution < -0.4 is 9.80 Å². The van der Waals surface area contributed by atoms with Crippen molar-refractivity contribution in [1.82, 2.24) is 0 Å². The molecule has 4 aromatic rings. The summed E-state index contributed by atoms with van der Waals surface area (Å²) in [7, 11) is 0. The van der Waals surface area contributed by atoms with Crippen LogP contribution >= 0.6 is 11.6 Å². The van der Waals surface area contributed by atoms with Gasteiger partial charge in [-0.15, -0.1) is 0 Å². The Morgan fingerprint density at radius 2 is 1.47 bits per heavy atom. The fraction of sp³-hybridized carbons (Fsp3) is 0.0357. The van der Waals surface area contributed by atoms with Gasteiger partial charge in [-0.25, -0.2) is 14.6 Å². The van der Waals surface area contributed by atoms with E-state index in [2.05, 4.69) is 0 Å². The Hall–Kier alpha value is -5.02. The van der Waals surface area contributed by atoms with Crippen molar-refractivity contribution in [2.75, 3.05) is 9.80 Å². The normalized spacial score (nSPS) is 14.9. The number of hydrogen-bond acceptors (Lipinski definition) is 6. The molecule has 5 rings (SSSR count). The van der Waals surface area contributed by atoms with Crippen LogP contribution in [0.3, 0.4) is 0 Å². The molecular formula is C28H18ClN3O6. The van der Waals surface area contributed by atoms with Crippen LogP contribution in [0.25, 0.3) is 17.4 Å². The van der Waals surface area contributed by atoms with Gasteiger partial charge in [-0.2, -0.15) is 0 Å². The minimum absolute atomic E-state index is 0.0204. The number of amides is 4. The second-order valence-corrected chi connectivity index (χ2v) is 8.83. The molecule has 4 amide bonds. The summed E-state index contributed by atoms with van der Waals surface area (Å²) in [5.41, 5.74) is 1.34. The van der Waals surface area contributed by atoms with Crippen LogP contribution in [0.15, 0.2) is 94.9 Å². The Morgan fingerprint density at radius 1 is 0.842 bits per heavy atom. The largest absolute Gasteiger partial charge is 0.457 e. The molecule has 0 bridgehead atoms. The molecule has 10 heteroatoms. The van der Waals surface area contributed by atoms with Gasteiger partial charge < -0.3 is 4.42 Å². The van der Waals surface area contributed by atoms with Gasteiger partial charge in [0.05, 0.1) is 16.3 Å². The number of furan rings is 1. The van der Waals surface area contributed by atoms with Gasteiger partial charge in [-0.05, 0) is 61.5 Å². The van der Waals surface area contributed by atoms with Crippen LogP contribution in [0, 0.1) is 17.0 Å². The first kappa shape index (κ1) is 24.7. The van der Waals surface area contributed by atoms with Crippen LogP contribution in [0.1, 0.15) is 11.3 Å². The third-order valence-corrected chi connectivity index (χ3v) is 6.22. The van der Waals surface area contributed by atoms with E-state index in [9.17, 15) is 24.5 Å². The predicted molar refractivity (Wildman–Crippen MR) is 142 cm³/mol. The lowest BCUT2D eigenvalue weighted by atomic mass is 10.1. The number of rotatable bonds is 5. The number of nitro benzene ring substituents is 1. The van der Waals surface area contributed by atoms with Crippen molar-refractivity contribution in [2.24, 2.45) is 0 Å². The lowest BCUT2D eigenvalue weighted by Gasteiger charge is -2.33. The number of nitrogens with zero attached hydrogens (tertiary/aromatic N) is 3. The van der Waals surface area contributed by atoms with Gasteiger partial charge in [0, 0.05) is 11.6 Å². The first-order chi connectivity index (χ1) is 18.2. The zero-order valence-corrected chi connectivity index (χ0v) is 20.6. The van der Waals surface area contributed by atoms with Gasteiger partial charge in [-0.3, -0.25) is 19.7 Å². The zero-order valence-electron chi connectivity index (χ0n) is 19.8. The number of halogens is 1. The number of urea groups is 1. The van der Waals surface area contributed by atoms with Crippen molar-refractivity contribution in [3.05, 3.63) is 117 Å². The smallest absolute Gasteiger partial charge is 0.343 e. The fourth-order valence-corrected chi connectivity index (χ4v) is 4.18. The third kappa shape index (κ3) is 4.46. The third-order valence-electron chi connectivity index (χ3n) is 5.90. The minimum atomic E-state index is -0.811. The first-order valence-electron chi connectivity index (χ1n) is 11.3. The number of nitro groups is 1. The molecule has 1 aliphatic rings. The van der Waals surface area contributed by atoms with E-state index in [1.807, 2.05) is 6.92 Å². The molecule has 0 unspecified atom stereocenters. The molecule has 1 fully saturated rings. The van der Waals surface area contributed by atoms with Gasteiger partial charge in [0.2, 0.25) is 0 Å². The summed E-state index contributed by atoms with van der Waals surface area (Å²) in [4.78, 5) is 52.9. The molecule has 0 aliphatic carbocycles. The van der Waals surface area contributed by atoms with Gasteiger partial charge in [0.25, 0.3) is 17.5 Å². The monoisotopic (exact) mass is 527 g/mol. The zero-order chi connectivity index (χ0) is 27.0. The second kappa shape index (κ2) is 9.79. The average molecular weight is 528 g/mol. The molecule has 0 atom stereocenters.